The molecule has 39 heavy (non-hydrogen) atoms. The Morgan fingerprint density at radius 3 is 0.513 bits per heavy atom. The third-order valence-corrected chi connectivity index (χ3v) is 4.78. The summed E-state index contributed by atoms with van der Waals surface area (Å²) in [5, 5.41) is 0. The second-order valence-corrected chi connectivity index (χ2v) is 7.29. The Bertz CT molecular complexity index is 1110. The van der Waals surface area contributed by atoms with Crippen molar-refractivity contribution in [3.05, 3.63) is 146 Å². The van der Waals surface area contributed by atoms with E-state index < -0.39 is 0 Å². The molecule has 0 amide bonds. The van der Waals surface area contributed by atoms with Gasteiger partial charge in [0.15, 0.2) is 0 Å². The van der Waals surface area contributed by atoms with Gasteiger partial charge in [-0.2, -0.15) is 0 Å². The van der Waals surface area contributed by atoms with E-state index >= 15 is 0 Å². The molecule has 6 aromatic rings. The first-order valence-electron chi connectivity index (χ1n) is 11.4. The van der Waals surface area contributed by atoms with Gasteiger partial charge in [-0.15, -0.1) is 0 Å². The fourth-order valence-electron chi connectivity index (χ4n) is 3.09. The molecule has 196 valence electrons. The quantitative estimate of drug-likeness (QED) is 0.262. The van der Waals surface area contributed by atoms with Crippen LogP contribution in [0.15, 0.2) is 146 Å². The summed E-state index contributed by atoms with van der Waals surface area (Å²) in [6, 6.07) is 34.8. The van der Waals surface area contributed by atoms with E-state index in [4.69, 9.17) is 0 Å². The molecule has 0 radical (unpaired) electrons. The fourth-order valence-corrected chi connectivity index (χ4v) is 3.09. The van der Waals surface area contributed by atoms with Crippen molar-refractivity contribution in [1.82, 2.24) is 29.9 Å². The van der Waals surface area contributed by atoms with E-state index in [9.17, 15) is 0 Å². The van der Waals surface area contributed by atoms with E-state index in [1.54, 1.807) is 37.2 Å². The van der Waals surface area contributed by atoms with Crippen LogP contribution in [0.4, 0.5) is 0 Å². The fraction of sp³-hybridized carbons (Fsp3) is 0. The molecular weight excluding hydrogens is 616 g/mol. The molecule has 0 aliphatic carbocycles. The molecule has 0 atom stereocenters. The third-order valence-electron chi connectivity index (χ3n) is 4.78. The van der Waals surface area contributed by atoms with Crippen molar-refractivity contribution in [1.29, 1.82) is 0 Å². The molecule has 9 heteroatoms. The van der Waals surface area contributed by atoms with Crippen molar-refractivity contribution in [3.63, 3.8) is 0 Å². The molecule has 0 N–H and O–H groups in total. The van der Waals surface area contributed by atoms with E-state index in [1.807, 2.05) is 109 Å². The summed E-state index contributed by atoms with van der Waals surface area (Å²) >= 11 is 0. The summed E-state index contributed by atoms with van der Waals surface area (Å²) < 4.78 is 0. The van der Waals surface area contributed by atoms with Gasteiger partial charge in [-0.3, -0.25) is 29.9 Å². The van der Waals surface area contributed by atoms with Gasteiger partial charge in [-0.05, 0) is 72.8 Å². The molecule has 6 nitrogen and oxygen atoms in total. The summed E-state index contributed by atoms with van der Waals surface area (Å²) in [5.74, 6) is 0. The summed E-state index contributed by atoms with van der Waals surface area (Å²) in [6.07, 6.45) is 10.6. The van der Waals surface area contributed by atoms with Crippen LogP contribution in [0.3, 0.4) is 0 Å². The molecule has 0 aliphatic rings. The molecular formula is C30H24Cl2N6Ru. The molecule has 0 aromatic carbocycles. The zero-order valence-corrected chi connectivity index (χ0v) is 23.9. The van der Waals surface area contributed by atoms with Gasteiger partial charge in [0.1, 0.15) is 0 Å². The van der Waals surface area contributed by atoms with Crippen molar-refractivity contribution in [2.24, 2.45) is 0 Å². The minimum absolute atomic E-state index is 0. The normalized spacial score (nSPS) is 8.92. The van der Waals surface area contributed by atoms with Crippen LogP contribution in [0.2, 0.25) is 0 Å². The van der Waals surface area contributed by atoms with Crippen molar-refractivity contribution in [2.75, 3.05) is 0 Å². The van der Waals surface area contributed by atoms with Crippen LogP contribution >= 0.6 is 0 Å². The predicted molar refractivity (Wildman–Crippen MR) is 142 cm³/mol. The van der Waals surface area contributed by atoms with Gasteiger partial charge in [0, 0.05) is 37.2 Å². The molecule has 0 bridgehead atoms. The number of rotatable bonds is 3. The summed E-state index contributed by atoms with van der Waals surface area (Å²) in [6.45, 7) is 0. The monoisotopic (exact) mass is 640 g/mol. The molecule has 0 saturated carbocycles. The Balaban J connectivity index is 0.000000282. The van der Waals surface area contributed by atoms with E-state index in [1.165, 1.54) is 0 Å². The summed E-state index contributed by atoms with van der Waals surface area (Å²) in [5.41, 5.74) is 5.49. The van der Waals surface area contributed by atoms with E-state index in [0.717, 1.165) is 34.2 Å². The maximum Gasteiger partial charge on any atom is 2.00 e. The van der Waals surface area contributed by atoms with Crippen molar-refractivity contribution in [3.8, 4) is 34.2 Å². The molecule has 0 fully saturated rings. The van der Waals surface area contributed by atoms with Crippen LogP contribution in [0.5, 0.6) is 0 Å². The molecule has 0 aliphatic heterocycles. The van der Waals surface area contributed by atoms with Crippen LogP contribution in [0.25, 0.3) is 34.2 Å². The molecule has 0 saturated heterocycles. The molecule has 6 rings (SSSR count). The Morgan fingerprint density at radius 1 is 0.256 bits per heavy atom. The van der Waals surface area contributed by atoms with Crippen molar-refractivity contribution in [2.45, 2.75) is 0 Å². The van der Waals surface area contributed by atoms with E-state index in [-0.39, 0.29) is 44.3 Å². The maximum absolute atomic E-state index is 4.19. The van der Waals surface area contributed by atoms with Gasteiger partial charge in [0.25, 0.3) is 0 Å². The van der Waals surface area contributed by atoms with Gasteiger partial charge in [0.2, 0.25) is 0 Å². The number of halogens is 2. The first kappa shape index (κ1) is 33.1. The first-order valence-corrected chi connectivity index (χ1v) is 11.4. The number of hydrogen-bond acceptors (Lipinski definition) is 6. The molecule has 0 unspecified atom stereocenters. The minimum Gasteiger partial charge on any atom is -1.00 e. The molecule has 6 aromatic heterocycles. The Morgan fingerprint density at radius 2 is 0.410 bits per heavy atom. The zero-order chi connectivity index (χ0) is 24.7. The van der Waals surface area contributed by atoms with Crippen LogP contribution in [-0.4, -0.2) is 29.9 Å². The topological polar surface area (TPSA) is 77.3 Å². The van der Waals surface area contributed by atoms with E-state index in [0.29, 0.717) is 0 Å². The standard InChI is InChI=1S/3C10H8N2.2ClH.Ru/c3*1-3-7-11-9(5-1)10-6-2-4-8-12-10;;;/h3*1-8H;2*1H;/q;;;;;+2/p-2. The molecule has 0 spiro atoms. The average Bonchev–Trinajstić information content (AvgIpc) is 3.01. The number of hydrogen-bond donors (Lipinski definition) is 0. The van der Waals surface area contributed by atoms with Crippen molar-refractivity contribution < 1.29 is 44.3 Å². The first-order chi connectivity index (χ1) is 17.9. The SMILES string of the molecule is [Cl-].[Cl-].[Ru+2].c1ccc(-c2ccccn2)nc1.c1ccc(-c2ccccn2)nc1.c1ccc(-c2ccccn2)nc1. The van der Waals surface area contributed by atoms with Gasteiger partial charge in [-0.25, -0.2) is 0 Å². The Hall–Kier alpha value is -3.90. The zero-order valence-electron chi connectivity index (χ0n) is 20.6. The largest absolute Gasteiger partial charge is 2.00 e. The van der Waals surface area contributed by atoms with Crippen LogP contribution in [-0.2, 0) is 19.5 Å². The van der Waals surface area contributed by atoms with Gasteiger partial charge >= 0.3 is 19.5 Å². The summed E-state index contributed by atoms with van der Waals surface area (Å²) in [4.78, 5) is 25.1. The van der Waals surface area contributed by atoms with Gasteiger partial charge in [-0.1, -0.05) is 36.4 Å². The van der Waals surface area contributed by atoms with Crippen LogP contribution in [0, 0.1) is 0 Å². The second-order valence-electron chi connectivity index (χ2n) is 7.29. The Labute approximate surface area is 253 Å². The predicted octanol–water partition coefficient (Wildman–Crippen LogP) is 0.436. The van der Waals surface area contributed by atoms with Crippen LogP contribution < -0.4 is 24.8 Å². The third kappa shape index (κ3) is 11.2. The van der Waals surface area contributed by atoms with Gasteiger partial charge < -0.3 is 24.8 Å². The smallest absolute Gasteiger partial charge is 1.00 e. The van der Waals surface area contributed by atoms with Crippen LogP contribution in [0.1, 0.15) is 0 Å². The maximum atomic E-state index is 4.19. The summed E-state index contributed by atoms with van der Waals surface area (Å²) in [7, 11) is 0. The average molecular weight is 641 g/mol. The minimum atomic E-state index is 0. The number of pyridine rings is 6. The van der Waals surface area contributed by atoms with Crippen molar-refractivity contribution >= 4 is 0 Å². The number of aromatic nitrogens is 6. The number of nitrogens with zero attached hydrogens (tertiary/aromatic N) is 6. The second kappa shape index (κ2) is 19.2. The van der Waals surface area contributed by atoms with Gasteiger partial charge in [0.05, 0.1) is 34.2 Å². The molecule has 6 heterocycles. The Kier molecular flexibility index (Phi) is 16.3. The van der Waals surface area contributed by atoms with E-state index in [2.05, 4.69) is 29.9 Å².